The molecule has 0 amide bonds. The molecule has 2 nitrogen and oxygen atoms in total. The fourth-order valence-corrected chi connectivity index (χ4v) is 8.45. The van der Waals surface area contributed by atoms with Crippen molar-refractivity contribution < 1.29 is 8.83 Å². The van der Waals surface area contributed by atoms with Crippen LogP contribution in [-0.2, 0) is 0 Å². The molecule has 0 saturated heterocycles. The second kappa shape index (κ2) is 11.3. The molecular formula is C50H30O2. The second-order valence-electron chi connectivity index (χ2n) is 13.5. The average Bonchev–Trinajstić information content (AvgIpc) is 3.78. The Kier molecular flexibility index (Phi) is 6.28. The molecule has 0 radical (unpaired) electrons. The van der Waals surface area contributed by atoms with Crippen LogP contribution >= 0.6 is 0 Å². The highest BCUT2D eigenvalue weighted by Gasteiger charge is 2.22. The zero-order valence-corrected chi connectivity index (χ0v) is 28.1. The predicted octanol–water partition coefficient (Wildman–Crippen LogP) is 14.5. The molecule has 0 aliphatic rings. The smallest absolute Gasteiger partial charge is 0.143 e. The van der Waals surface area contributed by atoms with Gasteiger partial charge in [0.2, 0.25) is 0 Å². The molecule has 0 aliphatic carbocycles. The lowest BCUT2D eigenvalue weighted by molar-refractivity contribution is 0.669. The zero-order valence-electron chi connectivity index (χ0n) is 28.1. The maximum absolute atomic E-state index is 6.58. The number of para-hydroxylation sites is 3. The first kappa shape index (κ1) is 28.9. The Morgan fingerprint density at radius 3 is 1.31 bits per heavy atom. The van der Waals surface area contributed by atoms with Crippen LogP contribution < -0.4 is 0 Å². The molecule has 0 fully saturated rings. The van der Waals surface area contributed by atoms with Gasteiger partial charge in [-0.1, -0.05) is 158 Å². The third kappa shape index (κ3) is 4.25. The number of furan rings is 2. The van der Waals surface area contributed by atoms with E-state index in [-0.39, 0.29) is 0 Å². The van der Waals surface area contributed by atoms with Crippen molar-refractivity contribution >= 4 is 65.4 Å². The standard InChI is InChI=1S/C50H30O2/c1-3-18-36(32(14-1)31-28-29-47-44(30-31)35-17-10-11-26-45(35)51-47)48-38-20-5-7-22-40(38)49(41-23-8-6-21-39(41)48)37-19-4-2-15-33(37)42-24-13-25-43-34-16-9-12-27-46(34)52-50(42)43/h1-30H. The number of hydrogen-bond donors (Lipinski definition) is 0. The summed E-state index contributed by atoms with van der Waals surface area (Å²) < 4.78 is 12.8. The van der Waals surface area contributed by atoms with Gasteiger partial charge in [0.25, 0.3) is 0 Å². The van der Waals surface area contributed by atoms with Gasteiger partial charge in [0.1, 0.15) is 22.3 Å². The molecule has 0 spiro atoms. The Hall–Kier alpha value is -6.90. The molecule has 11 rings (SSSR count). The van der Waals surface area contributed by atoms with Crippen molar-refractivity contribution in [2.24, 2.45) is 0 Å². The maximum atomic E-state index is 6.58. The minimum Gasteiger partial charge on any atom is -0.456 e. The van der Waals surface area contributed by atoms with Crippen molar-refractivity contribution in [3.8, 4) is 44.5 Å². The highest BCUT2D eigenvalue weighted by Crippen LogP contribution is 2.49. The summed E-state index contributed by atoms with van der Waals surface area (Å²) in [4.78, 5) is 0. The molecule has 2 aromatic heterocycles. The van der Waals surface area contributed by atoms with E-state index >= 15 is 0 Å². The van der Waals surface area contributed by atoms with E-state index in [1.807, 2.05) is 18.2 Å². The monoisotopic (exact) mass is 662 g/mol. The van der Waals surface area contributed by atoms with Crippen molar-refractivity contribution in [3.63, 3.8) is 0 Å². The molecule has 2 heterocycles. The molecule has 52 heavy (non-hydrogen) atoms. The van der Waals surface area contributed by atoms with Crippen LogP contribution in [0, 0.1) is 0 Å². The lowest BCUT2D eigenvalue weighted by Gasteiger charge is -2.21. The Morgan fingerprint density at radius 1 is 0.250 bits per heavy atom. The molecule has 9 aromatic carbocycles. The van der Waals surface area contributed by atoms with Crippen LogP contribution in [0.15, 0.2) is 191 Å². The van der Waals surface area contributed by atoms with Gasteiger partial charge in [-0.15, -0.1) is 0 Å². The van der Waals surface area contributed by atoms with Crippen LogP contribution in [0.4, 0.5) is 0 Å². The van der Waals surface area contributed by atoms with Crippen LogP contribution in [0.5, 0.6) is 0 Å². The van der Waals surface area contributed by atoms with E-state index in [9.17, 15) is 0 Å². The molecule has 0 aliphatic heterocycles. The highest BCUT2D eigenvalue weighted by atomic mass is 16.3. The first-order valence-electron chi connectivity index (χ1n) is 17.8. The van der Waals surface area contributed by atoms with Crippen LogP contribution in [0.1, 0.15) is 0 Å². The Balaban J connectivity index is 1.19. The van der Waals surface area contributed by atoms with Crippen molar-refractivity contribution in [3.05, 3.63) is 182 Å². The Bertz CT molecular complexity index is 3140. The van der Waals surface area contributed by atoms with Crippen molar-refractivity contribution in [2.75, 3.05) is 0 Å². The number of benzene rings is 9. The third-order valence-electron chi connectivity index (χ3n) is 10.7. The van der Waals surface area contributed by atoms with Gasteiger partial charge in [-0.05, 0) is 84.8 Å². The van der Waals surface area contributed by atoms with Crippen LogP contribution in [0.2, 0.25) is 0 Å². The normalized spacial score (nSPS) is 11.8. The molecular weight excluding hydrogens is 633 g/mol. The fraction of sp³-hybridized carbons (Fsp3) is 0. The molecule has 242 valence electrons. The summed E-state index contributed by atoms with van der Waals surface area (Å²) in [6.07, 6.45) is 0. The van der Waals surface area contributed by atoms with E-state index in [1.165, 1.54) is 49.4 Å². The highest BCUT2D eigenvalue weighted by molar-refractivity contribution is 6.24. The molecule has 11 aromatic rings. The summed E-state index contributed by atoms with van der Waals surface area (Å²) in [5, 5.41) is 9.39. The van der Waals surface area contributed by atoms with Gasteiger partial charge < -0.3 is 8.83 Å². The van der Waals surface area contributed by atoms with Crippen LogP contribution in [0.3, 0.4) is 0 Å². The lowest BCUT2D eigenvalue weighted by atomic mass is 9.82. The first-order valence-corrected chi connectivity index (χ1v) is 17.8. The minimum atomic E-state index is 0.902. The summed E-state index contributed by atoms with van der Waals surface area (Å²) in [6.45, 7) is 0. The van der Waals surface area contributed by atoms with Gasteiger partial charge in [-0.25, -0.2) is 0 Å². The summed E-state index contributed by atoms with van der Waals surface area (Å²) in [5.41, 5.74) is 13.1. The van der Waals surface area contributed by atoms with E-state index in [2.05, 4.69) is 164 Å². The van der Waals surface area contributed by atoms with E-state index < -0.39 is 0 Å². The van der Waals surface area contributed by atoms with Crippen LogP contribution in [0.25, 0.3) is 110 Å². The Morgan fingerprint density at radius 2 is 0.673 bits per heavy atom. The van der Waals surface area contributed by atoms with Gasteiger partial charge in [-0.2, -0.15) is 0 Å². The topological polar surface area (TPSA) is 26.3 Å². The first-order chi connectivity index (χ1) is 25.8. The third-order valence-corrected chi connectivity index (χ3v) is 10.7. The summed E-state index contributed by atoms with van der Waals surface area (Å²) in [6, 6.07) is 65.1. The molecule has 0 bridgehead atoms. The van der Waals surface area contributed by atoms with E-state index in [0.29, 0.717) is 0 Å². The molecule has 2 heteroatoms. The van der Waals surface area contributed by atoms with Gasteiger partial charge >= 0.3 is 0 Å². The van der Waals surface area contributed by atoms with E-state index in [0.717, 1.165) is 60.6 Å². The van der Waals surface area contributed by atoms with Gasteiger partial charge in [0.05, 0.1) is 0 Å². The number of hydrogen-bond acceptors (Lipinski definition) is 2. The molecule has 0 saturated carbocycles. The number of fused-ring (bicyclic) bond motifs is 8. The number of rotatable bonds is 4. The lowest BCUT2D eigenvalue weighted by Crippen LogP contribution is -1.94. The van der Waals surface area contributed by atoms with Crippen LogP contribution in [-0.4, -0.2) is 0 Å². The van der Waals surface area contributed by atoms with Crippen molar-refractivity contribution in [1.82, 2.24) is 0 Å². The van der Waals surface area contributed by atoms with Crippen molar-refractivity contribution in [1.29, 1.82) is 0 Å². The molecule has 0 atom stereocenters. The summed E-state index contributed by atoms with van der Waals surface area (Å²) in [7, 11) is 0. The zero-order chi connectivity index (χ0) is 34.2. The maximum Gasteiger partial charge on any atom is 0.143 e. The second-order valence-corrected chi connectivity index (χ2v) is 13.5. The van der Waals surface area contributed by atoms with Crippen molar-refractivity contribution in [2.45, 2.75) is 0 Å². The quantitative estimate of drug-likeness (QED) is 0.175. The fourth-order valence-electron chi connectivity index (χ4n) is 8.45. The van der Waals surface area contributed by atoms with Gasteiger partial charge in [0.15, 0.2) is 0 Å². The minimum absolute atomic E-state index is 0.902. The SMILES string of the molecule is c1ccc(-c2c3ccccc3c(-c3ccccc3-c3cccc4c3oc3ccccc34)c3ccccc23)c(-c2ccc3oc4ccccc4c3c2)c1. The molecule has 0 unspecified atom stereocenters. The molecule has 0 N–H and O–H groups in total. The summed E-state index contributed by atoms with van der Waals surface area (Å²) >= 11 is 0. The average molecular weight is 663 g/mol. The predicted molar refractivity (Wildman–Crippen MR) is 218 cm³/mol. The van der Waals surface area contributed by atoms with Gasteiger partial charge in [-0.3, -0.25) is 0 Å². The summed E-state index contributed by atoms with van der Waals surface area (Å²) in [5.74, 6) is 0. The van der Waals surface area contributed by atoms with E-state index in [1.54, 1.807) is 0 Å². The van der Waals surface area contributed by atoms with Gasteiger partial charge in [0, 0.05) is 27.1 Å². The largest absolute Gasteiger partial charge is 0.456 e. The Labute approximate surface area is 299 Å². The van der Waals surface area contributed by atoms with E-state index in [4.69, 9.17) is 8.83 Å².